The Bertz CT molecular complexity index is 342. The fourth-order valence-corrected chi connectivity index (χ4v) is 1.24. The second-order valence-electron chi connectivity index (χ2n) is 2.65. The summed E-state index contributed by atoms with van der Waals surface area (Å²) in [6, 6.07) is 0.852. The summed E-state index contributed by atoms with van der Waals surface area (Å²) in [7, 11) is 0. The molecule has 0 aliphatic carbocycles. The molecule has 1 nitrogen and oxygen atoms in total. The van der Waals surface area contributed by atoms with E-state index in [1.807, 2.05) is 0 Å². The van der Waals surface area contributed by atoms with Crippen LogP contribution >= 0.6 is 11.3 Å². The van der Waals surface area contributed by atoms with Crippen molar-refractivity contribution >= 4 is 11.3 Å². The quantitative estimate of drug-likeness (QED) is 0.755. The minimum absolute atomic E-state index is 0.751. The van der Waals surface area contributed by atoms with Crippen LogP contribution in [0, 0.1) is 0 Å². The van der Waals surface area contributed by atoms with Crippen molar-refractivity contribution < 1.29 is 35.5 Å². The molecule has 1 heterocycles. The van der Waals surface area contributed by atoms with Crippen LogP contribution in [-0.4, -0.2) is 18.2 Å². The van der Waals surface area contributed by atoms with Gasteiger partial charge in [0.1, 0.15) is 5.75 Å². The Kier molecular flexibility index (Phi) is 3.10. The third-order valence-corrected chi connectivity index (χ3v) is 2.12. The van der Waals surface area contributed by atoms with Crippen molar-refractivity contribution in [2.24, 2.45) is 0 Å². The van der Waals surface area contributed by atoms with Gasteiger partial charge in [-0.2, -0.15) is 30.7 Å². The molecular formula is C7H3F7OS. The summed E-state index contributed by atoms with van der Waals surface area (Å²) in [5, 5.41) is 2.07. The molecule has 0 unspecified atom stereocenters. The van der Waals surface area contributed by atoms with Crippen molar-refractivity contribution in [2.75, 3.05) is 0 Å². The van der Waals surface area contributed by atoms with Crippen molar-refractivity contribution in [2.45, 2.75) is 18.2 Å². The Morgan fingerprint density at radius 2 is 1.56 bits per heavy atom. The van der Waals surface area contributed by atoms with Crippen LogP contribution in [0.15, 0.2) is 16.8 Å². The molecule has 0 N–H and O–H groups in total. The third kappa shape index (κ3) is 2.23. The Hall–Kier alpha value is -0.990. The van der Waals surface area contributed by atoms with E-state index in [1.54, 1.807) is 0 Å². The van der Waals surface area contributed by atoms with E-state index in [0.29, 0.717) is 0 Å². The van der Waals surface area contributed by atoms with Crippen LogP contribution in [0.3, 0.4) is 0 Å². The minimum Gasteiger partial charge on any atom is -0.427 e. The molecule has 92 valence electrons. The molecule has 0 saturated heterocycles. The smallest absolute Gasteiger partial charge is 0.427 e. The highest BCUT2D eigenvalue weighted by Crippen LogP contribution is 2.47. The number of hydrogen-bond donors (Lipinski definition) is 0. The van der Waals surface area contributed by atoms with Crippen LogP contribution in [0.4, 0.5) is 30.7 Å². The van der Waals surface area contributed by atoms with Crippen molar-refractivity contribution in [3.05, 3.63) is 16.8 Å². The molecule has 0 fully saturated rings. The van der Waals surface area contributed by atoms with Crippen LogP contribution in [0.25, 0.3) is 0 Å². The summed E-state index contributed by atoms with van der Waals surface area (Å²) in [6.07, 6.45) is -12.0. The largest absolute Gasteiger partial charge is 0.474 e. The number of rotatable bonds is 3. The van der Waals surface area contributed by atoms with Gasteiger partial charge in [-0.1, -0.05) is 0 Å². The molecular weight excluding hydrogens is 265 g/mol. The summed E-state index contributed by atoms with van der Waals surface area (Å²) < 4.78 is 88.0. The van der Waals surface area contributed by atoms with Gasteiger partial charge in [0, 0.05) is 5.38 Å². The third-order valence-electron chi connectivity index (χ3n) is 1.46. The van der Waals surface area contributed by atoms with Gasteiger partial charge in [0.05, 0.1) is 0 Å². The molecule has 1 rings (SSSR count). The van der Waals surface area contributed by atoms with E-state index < -0.39 is 24.0 Å². The fraction of sp³-hybridized carbons (Fsp3) is 0.429. The highest BCUT2D eigenvalue weighted by molar-refractivity contribution is 7.08. The molecule has 0 spiro atoms. The number of hydrogen-bond acceptors (Lipinski definition) is 2. The predicted octanol–water partition coefficient (Wildman–Crippen LogP) is 3.92. The van der Waals surface area contributed by atoms with Gasteiger partial charge in [-0.15, -0.1) is 11.3 Å². The van der Waals surface area contributed by atoms with Gasteiger partial charge in [-0.3, -0.25) is 0 Å². The first-order chi connectivity index (χ1) is 7.08. The second kappa shape index (κ2) is 3.79. The normalized spacial score (nSPS) is 13.9. The van der Waals surface area contributed by atoms with Crippen molar-refractivity contribution in [3.8, 4) is 5.75 Å². The first kappa shape index (κ1) is 13.1. The Balaban J connectivity index is 2.93. The first-order valence-corrected chi connectivity index (χ1v) is 4.56. The summed E-state index contributed by atoms with van der Waals surface area (Å²) in [6.45, 7) is 0. The average molecular weight is 268 g/mol. The maximum Gasteiger partial charge on any atom is 0.474 e. The van der Waals surface area contributed by atoms with Crippen molar-refractivity contribution in [1.29, 1.82) is 0 Å². The monoisotopic (exact) mass is 268 g/mol. The first-order valence-electron chi connectivity index (χ1n) is 3.61. The molecule has 9 heteroatoms. The van der Waals surface area contributed by atoms with Crippen LogP contribution < -0.4 is 4.74 Å². The van der Waals surface area contributed by atoms with Gasteiger partial charge in [0.15, 0.2) is 0 Å². The van der Waals surface area contributed by atoms with Gasteiger partial charge >= 0.3 is 18.2 Å². The van der Waals surface area contributed by atoms with E-state index in [2.05, 4.69) is 4.74 Å². The lowest BCUT2D eigenvalue weighted by Gasteiger charge is -2.27. The molecule has 0 aliphatic heterocycles. The van der Waals surface area contributed by atoms with E-state index in [4.69, 9.17) is 0 Å². The molecule has 0 bridgehead atoms. The van der Waals surface area contributed by atoms with E-state index in [9.17, 15) is 30.7 Å². The van der Waals surface area contributed by atoms with Gasteiger partial charge in [0.2, 0.25) is 0 Å². The minimum atomic E-state index is -6.38. The zero-order chi connectivity index (χ0) is 12.6. The van der Waals surface area contributed by atoms with Crippen molar-refractivity contribution in [1.82, 2.24) is 0 Å². The van der Waals surface area contributed by atoms with Crippen molar-refractivity contribution in [3.63, 3.8) is 0 Å². The molecule has 0 atom stereocenters. The summed E-state index contributed by atoms with van der Waals surface area (Å²) in [5.74, 6) is -7.00. The Morgan fingerprint density at radius 1 is 1.00 bits per heavy atom. The lowest BCUT2D eigenvalue weighted by molar-refractivity contribution is -0.402. The Morgan fingerprint density at radius 3 is 1.94 bits per heavy atom. The maximum atomic E-state index is 12.6. The number of alkyl halides is 7. The molecule has 0 aromatic carbocycles. The number of ether oxygens (including phenoxy) is 1. The maximum absolute atomic E-state index is 12.6. The highest BCUT2D eigenvalue weighted by atomic mass is 32.1. The van der Waals surface area contributed by atoms with E-state index in [-0.39, 0.29) is 0 Å². The molecule has 1 aromatic heterocycles. The fourth-order valence-electron chi connectivity index (χ4n) is 0.687. The zero-order valence-electron chi connectivity index (χ0n) is 7.19. The van der Waals surface area contributed by atoms with Crippen LogP contribution in [0.5, 0.6) is 5.75 Å². The van der Waals surface area contributed by atoms with Gasteiger partial charge in [0.25, 0.3) is 0 Å². The summed E-state index contributed by atoms with van der Waals surface area (Å²) in [5.41, 5.74) is 0. The molecule has 1 aromatic rings. The highest BCUT2D eigenvalue weighted by Gasteiger charge is 2.75. The second-order valence-corrected chi connectivity index (χ2v) is 3.43. The summed E-state index contributed by atoms with van der Waals surface area (Å²) in [4.78, 5) is 0. The predicted molar refractivity (Wildman–Crippen MR) is 40.9 cm³/mol. The SMILES string of the molecule is FC(F)(F)C(F)(F)C(F)(F)Oc1ccsc1. The van der Waals surface area contributed by atoms with Gasteiger partial charge in [-0.25, -0.2) is 0 Å². The lowest BCUT2D eigenvalue weighted by atomic mass is 10.3. The number of thiophene rings is 1. The van der Waals surface area contributed by atoms with Gasteiger partial charge < -0.3 is 4.74 Å². The Labute approximate surface area is 88.4 Å². The molecule has 0 radical (unpaired) electrons. The van der Waals surface area contributed by atoms with Crippen LogP contribution in [0.1, 0.15) is 0 Å². The van der Waals surface area contributed by atoms with Crippen LogP contribution in [0.2, 0.25) is 0 Å². The number of halogens is 7. The standard InChI is InChI=1S/C7H3F7OS/c8-5(9,6(10,11)12)7(13,14)15-4-1-2-16-3-4/h1-3H. The van der Waals surface area contributed by atoms with E-state index in [0.717, 1.165) is 22.8 Å². The van der Waals surface area contributed by atoms with Gasteiger partial charge in [-0.05, 0) is 11.4 Å². The van der Waals surface area contributed by atoms with E-state index in [1.165, 1.54) is 5.38 Å². The lowest BCUT2D eigenvalue weighted by Crippen LogP contribution is -2.55. The molecule has 0 amide bonds. The summed E-state index contributed by atoms with van der Waals surface area (Å²) >= 11 is 0.814. The molecule has 0 aliphatic rings. The molecule has 16 heavy (non-hydrogen) atoms. The van der Waals surface area contributed by atoms with Crippen LogP contribution in [-0.2, 0) is 0 Å². The topological polar surface area (TPSA) is 9.23 Å². The zero-order valence-corrected chi connectivity index (χ0v) is 8.01. The average Bonchev–Trinajstić information content (AvgIpc) is 2.53. The van der Waals surface area contributed by atoms with E-state index >= 15 is 0 Å². The molecule has 0 saturated carbocycles.